The molecule has 0 radical (unpaired) electrons. The van der Waals surface area contributed by atoms with Gasteiger partial charge < -0.3 is 29.4 Å². The van der Waals surface area contributed by atoms with Gasteiger partial charge in [-0.1, -0.05) is 26.0 Å². The van der Waals surface area contributed by atoms with Gasteiger partial charge in [0.05, 0.1) is 25.3 Å². The fourth-order valence-corrected chi connectivity index (χ4v) is 4.71. The van der Waals surface area contributed by atoms with Crippen LogP contribution in [0.4, 0.5) is 0 Å². The number of rotatable bonds is 10. The summed E-state index contributed by atoms with van der Waals surface area (Å²) in [5.41, 5.74) is 2.10. The molecule has 0 unspecified atom stereocenters. The molecule has 0 spiro atoms. The van der Waals surface area contributed by atoms with Crippen LogP contribution in [0.25, 0.3) is 5.76 Å². The Hall–Kier alpha value is -3.59. The number of likely N-dealkylation sites (N-methyl/N-ethyl adjacent to an activating group) is 1. The van der Waals surface area contributed by atoms with Crippen LogP contribution >= 0.6 is 0 Å². The predicted molar refractivity (Wildman–Crippen MR) is 136 cm³/mol. The van der Waals surface area contributed by atoms with Crippen LogP contribution in [0.3, 0.4) is 0 Å². The minimum absolute atomic E-state index is 0.00896. The van der Waals surface area contributed by atoms with Crippen molar-refractivity contribution in [1.29, 1.82) is 0 Å². The van der Waals surface area contributed by atoms with Gasteiger partial charge in [0.15, 0.2) is 0 Å². The van der Waals surface area contributed by atoms with Gasteiger partial charge in [0.2, 0.25) is 0 Å². The normalized spacial score (nSPS) is 17.2. The molecule has 1 amide bonds. The predicted octanol–water partition coefficient (Wildman–Crippen LogP) is 3.58. The van der Waals surface area contributed by atoms with Gasteiger partial charge in [-0.3, -0.25) is 9.59 Å². The number of H-pyrrole nitrogens is 1. The average molecular weight is 498 g/mol. The molecule has 194 valence electrons. The molecule has 1 saturated heterocycles. The highest BCUT2D eigenvalue weighted by molar-refractivity contribution is 6.46. The van der Waals surface area contributed by atoms with Crippen molar-refractivity contribution in [3.8, 4) is 5.75 Å². The van der Waals surface area contributed by atoms with Crippen molar-refractivity contribution in [1.82, 2.24) is 14.8 Å². The third-order valence-corrected chi connectivity index (χ3v) is 6.66. The summed E-state index contributed by atoms with van der Waals surface area (Å²) in [4.78, 5) is 45.4. The summed E-state index contributed by atoms with van der Waals surface area (Å²) < 4.78 is 10.4. The number of carbonyl (C=O) groups is 3. The molecular weight excluding hydrogens is 462 g/mol. The number of aromatic nitrogens is 1. The Labute approximate surface area is 211 Å². The van der Waals surface area contributed by atoms with Crippen LogP contribution in [0, 0.1) is 13.8 Å². The van der Waals surface area contributed by atoms with E-state index in [0.29, 0.717) is 47.8 Å². The molecule has 2 heterocycles. The van der Waals surface area contributed by atoms with Crippen LogP contribution in [0.2, 0.25) is 0 Å². The van der Waals surface area contributed by atoms with E-state index in [4.69, 9.17) is 9.47 Å². The second-order valence-corrected chi connectivity index (χ2v) is 8.64. The summed E-state index contributed by atoms with van der Waals surface area (Å²) in [6.07, 6.45) is 0. The summed E-state index contributed by atoms with van der Waals surface area (Å²) >= 11 is 0. The Balaban J connectivity index is 2.16. The van der Waals surface area contributed by atoms with E-state index in [1.807, 2.05) is 20.8 Å². The van der Waals surface area contributed by atoms with Crippen LogP contribution in [0.1, 0.15) is 59.7 Å². The SMILES string of the molecule is CCOc1ccc([C@H]2/C(=C(\O)c3c(C)[nH]c(C(=O)OC)c3C)C(=O)C(=O)N2CCN(CC)CC)cc1. The highest BCUT2D eigenvalue weighted by Crippen LogP contribution is 2.41. The van der Waals surface area contributed by atoms with Crippen molar-refractivity contribution < 1.29 is 29.0 Å². The number of hydrogen-bond acceptors (Lipinski definition) is 7. The van der Waals surface area contributed by atoms with Crippen molar-refractivity contribution >= 4 is 23.4 Å². The van der Waals surface area contributed by atoms with Gasteiger partial charge in [0, 0.05) is 24.3 Å². The van der Waals surface area contributed by atoms with Crippen molar-refractivity contribution in [2.45, 2.75) is 40.7 Å². The summed E-state index contributed by atoms with van der Waals surface area (Å²) in [6, 6.07) is 6.38. The summed E-state index contributed by atoms with van der Waals surface area (Å²) in [6.45, 7) is 12.4. The molecule has 36 heavy (non-hydrogen) atoms. The molecule has 1 fully saturated rings. The van der Waals surface area contributed by atoms with E-state index in [1.165, 1.54) is 12.0 Å². The first kappa shape index (κ1) is 27.0. The molecule has 3 rings (SSSR count). The zero-order valence-corrected chi connectivity index (χ0v) is 21.8. The number of ketones is 1. The Kier molecular flexibility index (Phi) is 8.57. The van der Waals surface area contributed by atoms with E-state index in [-0.39, 0.29) is 17.0 Å². The topological polar surface area (TPSA) is 112 Å². The van der Waals surface area contributed by atoms with Crippen molar-refractivity contribution in [3.63, 3.8) is 0 Å². The zero-order chi connectivity index (χ0) is 26.6. The number of methoxy groups -OCH3 is 1. The first-order valence-corrected chi connectivity index (χ1v) is 12.2. The maximum Gasteiger partial charge on any atom is 0.354 e. The fourth-order valence-electron chi connectivity index (χ4n) is 4.71. The van der Waals surface area contributed by atoms with E-state index in [0.717, 1.165) is 13.1 Å². The van der Waals surface area contributed by atoms with Crippen molar-refractivity contribution in [2.24, 2.45) is 0 Å². The lowest BCUT2D eigenvalue weighted by atomic mass is 9.94. The van der Waals surface area contributed by atoms with Gasteiger partial charge in [0.1, 0.15) is 17.2 Å². The molecule has 9 heteroatoms. The zero-order valence-electron chi connectivity index (χ0n) is 21.8. The number of Topliss-reactive ketones (excluding diaryl/α,β-unsaturated/α-hetero) is 1. The quantitative estimate of drug-likeness (QED) is 0.223. The number of likely N-dealkylation sites (tertiary alicyclic amines) is 1. The van der Waals surface area contributed by atoms with Crippen LogP contribution in [0.5, 0.6) is 5.75 Å². The summed E-state index contributed by atoms with van der Waals surface area (Å²) in [7, 11) is 1.27. The molecule has 0 aliphatic carbocycles. The molecule has 1 aromatic heterocycles. The lowest BCUT2D eigenvalue weighted by molar-refractivity contribution is -0.140. The minimum atomic E-state index is -0.786. The van der Waals surface area contributed by atoms with E-state index < -0.39 is 23.7 Å². The largest absolute Gasteiger partial charge is 0.507 e. The van der Waals surface area contributed by atoms with Crippen LogP contribution in [-0.4, -0.2) is 77.4 Å². The number of nitrogens with one attached hydrogen (secondary N) is 1. The Morgan fingerprint density at radius 1 is 1.11 bits per heavy atom. The van der Waals surface area contributed by atoms with Crippen molar-refractivity contribution in [3.05, 3.63) is 57.9 Å². The number of aliphatic hydroxyl groups excluding tert-OH is 1. The van der Waals surface area contributed by atoms with Crippen LogP contribution in [0.15, 0.2) is 29.8 Å². The number of nitrogens with zero attached hydrogens (tertiary/aromatic N) is 2. The molecule has 1 atom stereocenters. The Morgan fingerprint density at radius 2 is 1.75 bits per heavy atom. The monoisotopic (exact) mass is 497 g/mol. The van der Waals surface area contributed by atoms with Gasteiger partial charge >= 0.3 is 5.97 Å². The molecular formula is C27H35N3O6. The molecule has 1 aliphatic rings. The molecule has 2 aromatic rings. The number of esters is 1. The molecule has 9 nitrogen and oxygen atoms in total. The van der Waals surface area contributed by atoms with Crippen molar-refractivity contribution in [2.75, 3.05) is 39.9 Å². The van der Waals surface area contributed by atoms with Crippen LogP contribution < -0.4 is 4.74 Å². The maximum absolute atomic E-state index is 13.3. The highest BCUT2D eigenvalue weighted by Gasteiger charge is 2.46. The molecule has 0 saturated carbocycles. The number of ether oxygens (including phenoxy) is 2. The first-order valence-electron chi connectivity index (χ1n) is 12.2. The third-order valence-electron chi connectivity index (χ3n) is 6.66. The summed E-state index contributed by atoms with van der Waals surface area (Å²) in [5.74, 6) is -1.66. The Bertz CT molecular complexity index is 1160. The van der Waals surface area contributed by atoms with Gasteiger partial charge in [-0.15, -0.1) is 0 Å². The van der Waals surface area contributed by atoms with Crippen LogP contribution in [-0.2, 0) is 14.3 Å². The standard InChI is InChI=1S/C27H35N3O6/c1-7-29(8-2)14-15-30-23(18-10-12-19(13-11-18)36-9-3)21(25(32)26(30)33)24(31)20-16(4)22(27(34)35-6)28-17(20)5/h10-13,23,28,31H,7-9,14-15H2,1-6H3/b24-21+/t23-/m0/s1. The lowest BCUT2D eigenvalue weighted by Gasteiger charge is -2.28. The highest BCUT2D eigenvalue weighted by atomic mass is 16.5. The van der Waals surface area contributed by atoms with Gasteiger partial charge in [-0.2, -0.15) is 0 Å². The summed E-state index contributed by atoms with van der Waals surface area (Å²) in [5, 5.41) is 11.5. The van der Waals surface area contributed by atoms with E-state index >= 15 is 0 Å². The van der Waals surface area contributed by atoms with Gasteiger partial charge in [-0.25, -0.2) is 4.79 Å². The van der Waals surface area contributed by atoms with E-state index in [2.05, 4.69) is 9.88 Å². The van der Waals surface area contributed by atoms with Gasteiger partial charge in [0.25, 0.3) is 11.7 Å². The lowest BCUT2D eigenvalue weighted by Crippen LogP contribution is -2.38. The van der Waals surface area contributed by atoms with E-state index in [9.17, 15) is 19.5 Å². The molecule has 2 N–H and O–H groups in total. The molecule has 1 aromatic carbocycles. The Morgan fingerprint density at radius 3 is 2.31 bits per heavy atom. The second-order valence-electron chi connectivity index (χ2n) is 8.64. The average Bonchev–Trinajstić information content (AvgIpc) is 3.31. The number of amides is 1. The van der Waals surface area contributed by atoms with Gasteiger partial charge in [-0.05, 0) is 57.1 Å². The van der Waals surface area contributed by atoms with E-state index in [1.54, 1.807) is 38.1 Å². The first-order chi connectivity index (χ1) is 17.2. The molecule has 0 bridgehead atoms. The number of carbonyl (C=O) groups excluding carboxylic acids is 3. The number of aromatic amines is 1. The number of hydrogen-bond donors (Lipinski definition) is 2. The number of aryl methyl sites for hydroxylation is 1. The number of aliphatic hydroxyl groups is 1. The maximum atomic E-state index is 13.3. The smallest absolute Gasteiger partial charge is 0.354 e. The fraction of sp³-hybridized carbons (Fsp3) is 0.444. The minimum Gasteiger partial charge on any atom is -0.507 e. The third kappa shape index (κ3) is 5.02. The molecule has 1 aliphatic heterocycles. The number of benzene rings is 1. The second kappa shape index (κ2) is 11.4.